The van der Waals surface area contributed by atoms with Crippen molar-refractivity contribution in [2.24, 2.45) is 7.05 Å². The average molecular weight is 301 g/mol. The number of halogens is 4. The van der Waals surface area contributed by atoms with E-state index in [1.807, 2.05) is 0 Å². The first-order valence-electron chi connectivity index (χ1n) is 4.70. The number of hydrogen-bond acceptors (Lipinski definition) is 3. The molecule has 1 heterocycles. The highest BCUT2D eigenvalue weighted by Gasteiger charge is 2.34. The Morgan fingerprint density at radius 3 is 2.50 bits per heavy atom. The monoisotopic (exact) mass is 300 g/mol. The lowest BCUT2D eigenvalue weighted by atomic mass is 10.1. The van der Waals surface area contributed by atoms with Crippen molar-refractivity contribution in [1.29, 1.82) is 0 Å². The first kappa shape index (κ1) is 13.4. The van der Waals surface area contributed by atoms with E-state index in [4.69, 9.17) is 0 Å². The van der Waals surface area contributed by atoms with Crippen LogP contribution in [0.1, 0.15) is 25.1 Å². The predicted molar refractivity (Wildman–Crippen MR) is 55.8 cm³/mol. The number of rotatable bonds is 4. The molecule has 0 aliphatic heterocycles. The van der Waals surface area contributed by atoms with Gasteiger partial charge in [-0.15, -0.1) is 5.10 Å². The quantitative estimate of drug-likeness (QED) is 0.927. The van der Waals surface area contributed by atoms with Gasteiger partial charge in [0.25, 0.3) is 0 Å². The van der Waals surface area contributed by atoms with E-state index in [2.05, 4.69) is 31.6 Å². The Bertz CT molecular complexity index is 330. The number of nitrogens with zero attached hydrogens (tertiary/aromatic N) is 3. The summed E-state index contributed by atoms with van der Waals surface area (Å²) in [5.74, 6) is 0. The summed E-state index contributed by atoms with van der Waals surface area (Å²) in [5, 5.41) is 10.1. The lowest BCUT2D eigenvalue weighted by Gasteiger charge is -2.19. The van der Waals surface area contributed by atoms with Crippen LogP contribution in [0.4, 0.5) is 13.2 Å². The van der Waals surface area contributed by atoms with Crippen molar-refractivity contribution in [3.8, 4) is 0 Å². The highest BCUT2D eigenvalue weighted by Crippen LogP contribution is 2.31. The summed E-state index contributed by atoms with van der Waals surface area (Å²) in [6, 6.07) is -0.834. The molecule has 0 aliphatic rings. The molecule has 1 unspecified atom stereocenters. The van der Waals surface area contributed by atoms with Gasteiger partial charge in [0.1, 0.15) is 0 Å². The maximum Gasteiger partial charge on any atom is 0.390 e. The van der Waals surface area contributed by atoms with Gasteiger partial charge in [-0.3, -0.25) is 0 Å². The second-order valence-electron chi connectivity index (χ2n) is 3.32. The largest absolute Gasteiger partial charge is 0.390 e. The van der Waals surface area contributed by atoms with E-state index >= 15 is 0 Å². The molecule has 92 valence electrons. The fraction of sp³-hybridized carbons (Fsp3) is 0.750. The fourth-order valence-corrected chi connectivity index (χ4v) is 2.06. The Hall–Kier alpha value is -0.630. The van der Waals surface area contributed by atoms with Gasteiger partial charge in [-0.05, 0) is 22.5 Å². The van der Waals surface area contributed by atoms with E-state index in [0.29, 0.717) is 16.8 Å². The van der Waals surface area contributed by atoms with Crippen LogP contribution in [0.25, 0.3) is 0 Å². The molecule has 4 nitrogen and oxygen atoms in total. The van der Waals surface area contributed by atoms with Crippen molar-refractivity contribution in [1.82, 2.24) is 20.3 Å². The lowest BCUT2D eigenvalue weighted by Crippen LogP contribution is -2.28. The smallest absolute Gasteiger partial charge is 0.309 e. The molecule has 0 bridgehead atoms. The zero-order valence-corrected chi connectivity index (χ0v) is 10.4. The Morgan fingerprint density at radius 1 is 1.50 bits per heavy atom. The van der Waals surface area contributed by atoms with Crippen molar-refractivity contribution in [3.05, 3.63) is 10.3 Å². The molecule has 0 fully saturated rings. The average Bonchev–Trinajstić information content (AvgIpc) is 2.43. The molecule has 0 saturated heterocycles. The third kappa shape index (κ3) is 3.44. The van der Waals surface area contributed by atoms with Crippen LogP contribution < -0.4 is 5.32 Å². The fourth-order valence-electron chi connectivity index (χ4n) is 1.45. The number of nitrogens with one attached hydrogen (secondary N) is 1. The van der Waals surface area contributed by atoms with Crippen molar-refractivity contribution >= 4 is 15.9 Å². The van der Waals surface area contributed by atoms with E-state index in [1.165, 1.54) is 4.68 Å². The summed E-state index contributed by atoms with van der Waals surface area (Å²) in [5.41, 5.74) is 0.402. The third-order valence-corrected chi connectivity index (χ3v) is 2.61. The summed E-state index contributed by atoms with van der Waals surface area (Å²) in [4.78, 5) is 0. The molecule has 1 atom stereocenters. The maximum absolute atomic E-state index is 12.4. The first-order valence-corrected chi connectivity index (χ1v) is 5.49. The van der Waals surface area contributed by atoms with Crippen LogP contribution >= 0.6 is 15.9 Å². The Morgan fingerprint density at radius 2 is 2.12 bits per heavy atom. The SMILES string of the molecule is CCNC(CC(F)(F)F)c1c(Br)nnn1C. The van der Waals surface area contributed by atoms with Crippen molar-refractivity contribution in [3.63, 3.8) is 0 Å². The van der Waals surface area contributed by atoms with Crippen LogP contribution in [0.15, 0.2) is 4.60 Å². The van der Waals surface area contributed by atoms with Gasteiger partial charge < -0.3 is 5.32 Å². The standard InChI is InChI=1S/C8H12BrF3N4/c1-3-13-5(4-8(10,11)12)6-7(9)14-15-16(6)2/h5,13H,3-4H2,1-2H3. The predicted octanol–water partition coefficient (Wildman–Crippen LogP) is 2.18. The topological polar surface area (TPSA) is 42.7 Å². The molecule has 16 heavy (non-hydrogen) atoms. The summed E-state index contributed by atoms with van der Waals surface area (Å²) in [6.45, 7) is 2.19. The van der Waals surface area contributed by atoms with Gasteiger partial charge in [-0.25, -0.2) is 4.68 Å². The van der Waals surface area contributed by atoms with E-state index in [9.17, 15) is 13.2 Å². The van der Waals surface area contributed by atoms with Crippen molar-refractivity contribution in [2.45, 2.75) is 25.6 Å². The van der Waals surface area contributed by atoms with E-state index in [-0.39, 0.29) is 0 Å². The zero-order chi connectivity index (χ0) is 12.3. The molecule has 0 saturated carbocycles. The van der Waals surface area contributed by atoms with Crippen molar-refractivity contribution < 1.29 is 13.2 Å². The van der Waals surface area contributed by atoms with Crippen LogP contribution in [0.5, 0.6) is 0 Å². The maximum atomic E-state index is 12.4. The molecule has 0 aliphatic carbocycles. The molecule has 1 aromatic heterocycles. The molecular formula is C8H12BrF3N4. The third-order valence-electron chi connectivity index (χ3n) is 2.04. The summed E-state index contributed by atoms with van der Waals surface area (Å²) in [7, 11) is 1.56. The lowest BCUT2D eigenvalue weighted by molar-refractivity contribution is -0.140. The zero-order valence-electron chi connectivity index (χ0n) is 8.85. The van der Waals surface area contributed by atoms with E-state index < -0.39 is 18.6 Å². The summed E-state index contributed by atoms with van der Waals surface area (Å²) in [6.07, 6.45) is -5.17. The van der Waals surface area contributed by atoms with Crippen LogP contribution in [0.2, 0.25) is 0 Å². The Kier molecular flexibility index (Phi) is 4.31. The molecule has 0 radical (unpaired) electrons. The van der Waals surface area contributed by atoms with Gasteiger partial charge in [0.05, 0.1) is 18.2 Å². The summed E-state index contributed by atoms with van der Waals surface area (Å²) >= 11 is 3.09. The van der Waals surface area contributed by atoms with Gasteiger partial charge >= 0.3 is 6.18 Å². The minimum atomic E-state index is -4.23. The minimum Gasteiger partial charge on any atom is -0.309 e. The van der Waals surface area contributed by atoms with E-state index in [0.717, 1.165) is 0 Å². The molecular weight excluding hydrogens is 289 g/mol. The molecule has 0 amide bonds. The van der Waals surface area contributed by atoms with Crippen LogP contribution in [0, 0.1) is 0 Å². The van der Waals surface area contributed by atoms with Gasteiger partial charge in [0.2, 0.25) is 0 Å². The van der Waals surface area contributed by atoms with Crippen LogP contribution in [-0.4, -0.2) is 27.7 Å². The van der Waals surface area contributed by atoms with Gasteiger partial charge in [0, 0.05) is 7.05 Å². The van der Waals surface area contributed by atoms with Gasteiger partial charge in [0.15, 0.2) is 4.60 Å². The van der Waals surface area contributed by atoms with Gasteiger partial charge in [-0.1, -0.05) is 12.1 Å². The molecule has 1 aromatic rings. The second kappa shape index (κ2) is 5.13. The molecule has 1 N–H and O–H groups in total. The van der Waals surface area contributed by atoms with Crippen LogP contribution in [0.3, 0.4) is 0 Å². The molecule has 0 aromatic carbocycles. The Labute approximate surface area is 99.3 Å². The molecule has 8 heteroatoms. The van der Waals surface area contributed by atoms with Crippen LogP contribution in [-0.2, 0) is 7.05 Å². The molecule has 1 rings (SSSR count). The van der Waals surface area contributed by atoms with Gasteiger partial charge in [-0.2, -0.15) is 13.2 Å². The first-order chi connectivity index (χ1) is 7.35. The number of aryl methyl sites for hydroxylation is 1. The summed E-state index contributed by atoms with van der Waals surface area (Å²) < 4.78 is 38.8. The second-order valence-corrected chi connectivity index (χ2v) is 4.07. The highest BCUT2D eigenvalue weighted by molar-refractivity contribution is 9.10. The Balaban J connectivity index is 2.93. The minimum absolute atomic E-state index is 0.338. The number of hydrogen-bond donors (Lipinski definition) is 1. The van der Waals surface area contributed by atoms with E-state index in [1.54, 1.807) is 14.0 Å². The highest BCUT2D eigenvalue weighted by atomic mass is 79.9. The molecule has 0 spiro atoms. The number of aromatic nitrogens is 3. The van der Waals surface area contributed by atoms with Crippen molar-refractivity contribution in [2.75, 3.05) is 6.54 Å². The normalized spacial score (nSPS) is 14.1. The number of alkyl halides is 3.